The second-order valence-corrected chi connectivity index (χ2v) is 6.61. The minimum absolute atomic E-state index is 0.196. The molecule has 0 radical (unpaired) electrons. The second-order valence-electron chi connectivity index (χ2n) is 6.61. The van der Waals surface area contributed by atoms with Crippen molar-refractivity contribution < 1.29 is 10.0 Å². The van der Waals surface area contributed by atoms with Gasteiger partial charge in [-0.05, 0) is 33.3 Å². The highest BCUT2D eigenvalue weighted by Gasteiger charge is 2.27. The van der Waals surface area contributed by atoms with Crippen LogP contribution in [0.15, 0.2) is 12.3 Å². The van der Waals surface area contributed by atoms with Crippen LogP contribution in [-0.4, -0.2) is 58.8 Å². The molecule has 21 heavy (non-hydrogen) atoms. The Morgan fingerprint density at radius 2 is 1.81 bits per heavy atom. The molecule has 0 aromatic carbocycles. The molecule has 1 aliphatic heterocycles. The van der Waals surface area contributed by atoms with Crippen molar-refractivity contribution in [3.63, 3.8) is 0 Å². The molecule has 2 heterocycles. The van der Waals surface area contributed by atoms with Crippen molar-refractivity contribution in [2.75, 3.05) is 31.1 Å². The Kier molecular flexibility index (Phi) is 4.91. The highest BCUT2D eigenvalue weighted by atomic mass is 16.4. The predicted molar refractivity (Wildman–Crippen MR) is 87.0 cm³/mol. The van der Waals surface area contributed by atoms with Gasteiger partial charge in [0.2, 0.25) is 0 Å². The minimum Gasteiger partial charge on any atom is -0.423 e. The standard InChI is InChI=1S/C15H26BN3O2/c1-5-13-14(10-12(11-17-13)16(20)21)18-6-8-19(9-7-18)15(2,3)4/h10-11,20-21H,5-9H2,1-4H3. The van der Waals surface area contributed by atoms with Gasteiger partial charge in [-0.2, -0.15) is 0 Å². The first-order valence-electron chi connectivity index (χ1n) is 7.68. The highest BCUT2D eigenvalue weighted by Crippen LogP contribution is 2.22. The predicted octanol–water partition coefficient (Wildman–Crippen LogP) is 0.244. The number of nitrogens with zero attached hydrogens (tertiary/aromatic N) is 3. The third-order valence-corrected chi connectivity index (χ3v) is 4.17. The maximum atomic E-state index is 9.35. The fourth-order valence-electron chi connectivity index (χ4n) is 2.80. The first kappa shape index (κ1) is 16.3. The lowest BCUT2D eigenvalue weighted by atomic mass is 9.81. The highest BCUT2D eigenvalue weighted by molar-refractivity contribution is 6.58. The summed E-state index contributed by atoms with van der Waals surface area (Å²) in [7, 11) is -1.46. The lowest BCUT2D eigenvalue weighted by molar-refractivity contribution is 0.128. The Labute approximate surface area is 127 Å². The van der Waals surface area contributed by atoms with Gasteiger partial charge < -0.3 is 14.9 Å². The van der Waals surface area contributed by atoms with Gasteiger partial charge in [0.1, 0.15) is 0 Å². The van der Waals surface area contributed by atoms with Crippen molar-refractivity contribution in [1.82, 2.24) is 9.88 Å². The number of hydrogen-bond acceptors (Lipinski definition) is 5. The van der Waals surface area contributed by atoms with E-state index in [1.54, 1.807) is 6.20 Å². The molecule has 0 atom stereocenters. The summed E-state index contributed by atoms with van der Waals surface area (Å²) in [4.78, 5) is 9.17. The Hall–Kier alpha value is -1.11. The van der Waals surface area contributed by atoms with Gasteiger partial charge >= 0.3 is 7.12 Å². The maximum Gasteiger partial charge on any atom is 0.490 e. The summed E-state index contributed by atoms with van der Waals surface area (Å²) < 4.78 is 0. The monoisotopic (exact) mass is 291 g/mol. The van der Waals surface area contributed by atoms with Crippen molar-refractivity contribution >= 4 is 18.3 Å². The molecule has 0 aliphatic carbocycles. The number of rotatable bonds is 3. The fourth-order valence-corrected chi connectivity index (χ4v) is 2.80. The van der Waals surface area contributed by atoms with Crippen molar-refractivity contribution in [3.05, 3.63) is 18.0 Å². The average molecular weight is 291 g/mol. The van der Waals surface area contributed by atoms with E-state index < -0.39 is 7.12 Å². The van der Waals surface area contributed by atoms with Gasteiger partial charge in [-0.15, -0.1) is 0 Å². The quantitative estimate of drug-likeness (QED) is 0.782. The van der Waals surface area contributed by atoms with E-state index in [1.165, 1.54) is 0 Å². The normalized spacial score (nSPS) is 17.1. The molecule has 0 bridgehead atoms. The van der Waals surface area contributed by atoms with E-state index in [4.69, 9.17) is 0 Å². The third kappa shape index (κ3) is 3.76. The van der Waals surface area contributed by atoms with Gasteiger partial charge in [-0.25, -0.2) is 0 Å². The van der Waals surface area contributed by atoms with E-state index in [0.29, 0.717) is 5.46 Å². The molecule has 1 aliphatic rings. The van der Waals surface area contributed by atoms with Crippen LogP contribution in [0, 0.1) is 0 Å². The molecule has 2 N–H and O–H groups in total. The summed E-state index contributed by atoms with van der Waals surface area (Å²) in [5.41, 5.74) is 2.71. The summed E-state index contributed by atoms with van der Waals surface area (Å²) in [5, 5.41) is 18.7. The lowest BCUT2D eigenvalue weighted by Crippen LogP contribution is -2.53. The Bertz CT molecular complexity index is 480. The van der Waals surface area contributed by atoms with Gasteiger partial charge in [0.05, 0.1) is 11.4 Å². The van der Waals surface area contributed by atoms with Crippen LogP contribution < -0.4 is 10.4 Å². The molecule has 0 saturated carbocycles. The largest absolute Gasteiger partial charge is 0.490 e. The summed E-state index contributed by atoms with van der Waals surface area (Å²) in [5.74, 6) is 0. The van der Waals surface area contributed by atoms with Crippen LogP contribution in [0.25, 0.3) is 0 Å². The smallest absolute Gasteiger partial charge is 0.423 e. The number of aromatic nitrogens is 1. The number of hydrogen-bond donors (Lipinski definition) is 2. The number of aryl methyl sites for hydroxylation is 1. The van der Waals surface area contributed by atoms with Gasteiger partial charge in [-0.1, -0.05) is 6.92 Å². The van der Waals surface area contributed by atoms with Crippen LogP contribution >= 0.6 is 0 Å². The van der Waals surface area contributed by atoms with E-state index in [1.807, 2.05) is 6.07 Å². The lowest BCUT2D eigenvalue weighted by Gasteiger charge is -2.43. The van der Waals surface area contributed by atoms with Crippen molar-refractivity contribution in [3.8, 4) is 0 Å². The molecule has 5 nitrogen and oxygen atoms in total. The van der Waals surface area contributed by atoms with Crippen molar-refractivity contribution in [1.29, 1.82) is 0 Å². The first-order chi connectivity index (χ1) is 9.82. The Morgan fingerprint density at radius 1 is 1.19 bits per heavy atom. The van der Waals surface area contributed by atoms with Gasteiger partial charge in [0.15, 0.2) is 0 Å². The molecule has 0 spiro atoms. The van der Waals surface area contributed by atoms with Crippen molar-refractivity contribution in [2.45, 2.75) is 39.7 Å². The molecule has 2 rings (SSSR count). The summed E-state index contributed by atoms with van der Waals surface area (Å²) >= 11 is 0. The zero-order chi connectivity index (χ0) is 15.6. The van der Waals surface area contributed by atoms with E-state index in [-0.39, 0.29) is 5.54 Å². The Balaban J connectivity index is 2.17. The molecule has 1 saturated heterocycles. The molecule has 0 amide bonds. The molecule has 1 aromatic rings. The molecular weight excluding hydrogens is 265 g/mol. The SMILES string of the molecule is CCc1ncc(B(O)O)cc1N1CCN(C(C)(C)C)CC1. The average Bonchev–Trinajstić information content (AvgIpc) is 2.45. The second kappa shape index (κ2) is 6.34. The molecule has 6 heteroatoms. The maximum absolute atomic E-state index is 9.35. The summed E-state index contributed by atoms with van der Waals surface area (Å²) in [6, 6.07) is 1.86. The van der Waals surface area contributed by atoms with Gasteiger partial charge in [0.25, 0.3) is 0 Å². The molecular formula is C15H26BN3O2. The van der Waals surface area contributed by atoms with Crippen LogP contribution in [0.1, 0.15) is 33.4 Å². The van der Waals surface area contributed by atoms with E-state index in [2.05, 4.69) is 42.5 Å². The Morgan fingerprint density at radius 3 is 2.29 bits per heavy atom. The number of anilines is 1. The van der Waals surface area contributed by atoms with Crippen molar-refractivity contribution in [2.24, 2.45) is 0 Å². The summed E-state index contributed by atoms with van der Waals surface area (Å²) in [6.45, 7) is 12.7. The molecule has 116 valence electrons. The minimum atomic E-state index is -1.46. The number of pyridine rings is 1. The fraction of sp³-hybridized carbons (Fsp3) is 0.667. The van der Waals surface area contributed by atoms with Crippen LogP contribution in [-0.2, 0) is 6.42 Å². The topological polar surface area (TPSA) is 59.8 Å². The van der Waals surface area contributed by atoms with Gasteiger partial charge in [0, 0.05) is 43.4 Å². The number of piperazine rings is 1. The van der Waals surface area contributed by atoms with Crippen LogP contribution in [0.3, 0.4) is 0 Å². The van der Waals surface area contributed by atoms with Gasteiger partial charge in [-0.3, -0.25) is 9.88 Å². The van der Waals surface area contributed by atoms with Crippen LogP contribution in [0.2, 0.25) is 0 Å². The van der Waals surface area contributed by atoms with Crippen LogP contribution in [0.4, 0.5) is 5.69 Å². The summed E-state index contributed by atoms with van der Waals surface area (Å²) in [6.07, 6.45) is 2.40. The molecule has 1 aromatic heterocycles. The van der Waals surface area contributed by atoms with E-state index >= 15 is 0 Å². The third-order valence-electron chi connectivity index (χ3n) is 4.17. The zero-order valence-electron chi connectivity index (χ0n) is 13.5. The van der Waals surface area contributed by atoms with Crippen LogP contribution in [0.5, 0.6) is 0 Å². The first-order valence-corrected chi connectivity index (χ1v) is 7.68. The molecule has 0 unspecified atom stereocenters. The molecule has 1 fully saturated rings. The zero-order valence-corrected chi connectivity index (χ0v) is 13.5. The van der Waals surface area contributed by atoms with E-state index in [0.717, 1.165) is 44.0 Å². The van der Waals surface area contributed by atoms with E-state index in [9.17, 15) is 10.0 Å².